The quantitative estimate of drug-likeness (QED) is 0.783. The van der Waals surface area contributed by atoms with Gasteiger partial charge in [0, 0.05) is 44.8 Å². The molecular formula is C15H31N3. The lowest BCUT2D eigenvalue weighted by molar-refractivity contribution is 0.0346. The Kier molecular flexibility index (Phi) is 4.68. The highest BCUT2D eigenvalue weighted by Gasteiger charge is 2.38. The molecule has 1 saturated heterocycles. The van der Waals surface area contributed by atoms with Gasteiger partial charge < -0.3 is 10.6 Å². The number of hydrogen-bond acceptors (Lipinski definition) is 3. The first kappa shape index (κ1) is 14.3. The van der Waals surface area contributed by atoms with Crippen molar-refractivity contribution in [2.75, 3.05) is 39.3 Å². The van der Waals surface area contributed by atoms with Gasteiger partial charge in [0.25, 0.3) is 0 Å². The van der Waals surface area contributed by atoms with Crippen molar-refractivity contribution in [1.82, 2.24) is 9.80 Å². The smallest absolute Gasteiger partial charge is 0.0307 e. The highest BCUT2D eigenvalue weighted by atomic mass is 15.3. The topological polar surface area (TPSA) is 32.5 Å². The van der Waals surface area contributed by atoms with Crippen molar-refractivity contribution in [2.45, 2.75) is 45.6 Å². The third-order valence-corrected chi connectivity index (χ3v) is 4.62. The Hall–Kier alpha value is -0.120. The molecule has 1 heterocycles. The summed E-state index contributed by atoms with van der Waals surface area (Å²) in [6.07, 6.45) is 4.18. The number of nitrogens with zero attached hydrogens (tertiary/aromatic N) is 2. The van der Waals surface area contributed by atoms with E-state index < -0.39 is 0 Å². The predicted octanol–water partition coefficient (Wildman–Crippen LogP) is 1.78. The van der Waals surface area contributed by atoms with Gasteiger partial charge in [0.2, 0.25) is 0 Å². The van der Waals surface area contributed by atoms with Gasteiger partial charge in [0.15, 0.2) is 0 Å². The molecule has 1 aliphatic carbocycles. The van der Waals surface area contributed by atoms with E-state index in [1.165, 1.54) is 52.0 Å². The monoisotopic (exact) mass is 253 g/mol. The third-order valence-electron chi connectivity index (χ3n) is 4.62. The fraction of sp³-hybridized carbons (Fsp3) is 1.00. The summed E-state index contributed by atoms with van der Waals surface area (Å²) >= 11 is 0. The summed E-state index contributed by atoms with van der Waals surface area (Å²) < 4.78 is 0. The van der Waals surface area contributed by atoms with Crippen molar-refractivity contribution in [3.63, 3.8) is 0 Å². The number of hydrogen-bond donors (Lipinski definition) is 1. The zero-order chi connectivity index (χ0) is 13.2. The second-order valence-corrected chi connectivity index (χ2v) is 7.03. The third kappa shape index (κ3) is 3.69. The van der Waals surface area contributed by atoms with Crippen LogP contribution in [0, 0.1) is 11.8 Å². The van der Waals surface area contributed by atoms with E-state index in [4.69, 9.17) is 5.73 Å². The first-order valence-corrected chi connectivity index (χ1v) is 7.71. The Morgan fingerprint density at radius 2 is 1.78 bits per heavy atom. The molecule has 1 saturated carbocycles. The van der Waals surface area contributed by atoms with Crippen LogP contribution in [0.4, 0.5) is 0 Å². The van der Waals surface area contributed by atoms with Crippen LogP contribution in [0.3, 0.4) is 0 Å². The Morgan fingerprint density at radius 1 is 1.17 bits per heavy atom. The molecule has 106 valence electrons. The highest BCUT2D eigenvalue weighted by Crippen LogP contribution is 2.38. The minimum absolute atomic E-state index is 0.255. The van der Waals surface area contributed by atoms with Crippen LogP contribution in [-0.4, -0.2) is 54.6 Å². The molecule has 0 aromatic heterocycles. The summed E-state index contributed by atoms with van der Waals surface area (Å²) in [7, 11) is 0. The van der Waals surface area contributed by atoms with Crippen LogP contribution in [0.1, 0.15) is 40.0 Å². The molecular weight excluding hydrogens is 222 g/mol. The molecule has 2 fully saturated rings. The van der Waals surface area contributed by atoms with Crippen molar-refractivity contribution >= 4 is 0 Å². The zero-order valence-electron chi connectivity index (χ0n) is 12.5. The van der Waals surface area contributed by atoms with Crippen LogP contribution in [0.25, 0.3) is 0 Å². The molecule has 2 aliphatic rings. The van der Waals surface area contributed by atoms with Crippen molar-refractivity contribution < 1.29 is 0 Å². The molecule has 2 rings (SSSR count). The molecule has 3 nitrogen and oxygen atoms in total. The van der Waals surface area contributed by atoms with Crippen LogP contribution in [0.2, 0.25) is 0 Å². The van der Waals surface area contributed by atoms with Gasteiger partial charge >= 0.3 is 0 Å². The fourth-order valence-corrected chi connectivity index (χ4v) is 3.27. The van der Waals surface area contributed by atoms with Crippen LogP contribution in [0.15, 0.2) is 0 Å². The van der Waals surface area contributed by atoms with E-state index in [2.05, 4.69) is 30.6 Å². The second-order valence-electron chi connectivity index (χ2n) is 7.03. The van der Waals surface area contributed by atoms with Crippen molar-refractivity contribution in [2.24, 2.45) is 17.6 Å². The van der Waals surface area contributed by atoms with Crippen molar-refractivity contribution in [3.8, 4) is 0 Å². The van der Waals surface area contributed by atoms with Gasteiger partial charge in [-0.25, -0.2) is 0 Å². The average molecular weight is 253 g/mol. The van der Waals surface area contributed by atoms with E-state index in [1.54, 1.807) is 0 Å². The van der Waals surface area contributed by atoms with E-state index >= 15 is 0 Å². The SMILES string of the molecule is CC(C)CN1CCN(C(C)(CN)CC2CC2)CC1. The maximum atomic E-state index is 6.07. The molecule has 1 atom stereocenters. The van der Waals surface area contributed by atoms with Gasteiger partial charge in [-0.1, -0.05) is 26.7 Å². The van der Waals surface area contributed by atoms with Gasteiger partial charge in [-0.15, -0.1) is 0 Å². The van der Waals surface area contributed by atoms with Gasteiger partial charge in [0.05, 0.1) is 0 Å². The van der Waals surface area contributed by atoms with Gasteiger partial charge in [-0.3, -0.25) is 4.90 Å². The van der Waals surface area contributed by atoms with Crippen LogP contribution in [0.5, 0.6) is 0 Å². The molecule has 0 aromatic carbocycles. The molecule has 1 unspecified atom stereocenters. The second kappa shape index (κ2) is 5.89. The number of piperazine rings is 1. The first-order valence-electron chi connectivity index (χ1n) is 7.71. The molecule has 0 radical (unpaired) electrons. The molecule has 0 spiro atoms. The zero-order valence-corrected chi connectivity index (χ0v) is 12.5. The van der Waals surface area contributed by atoms with Gasteiger partial charge in [-0.2, -0.15) is 0 Å². The Morgan fingerprint density at radius 3 is 2.22 bits per heavy atom. The standard InChI is InChI=1S/C15H31N3/c1-13(2)11-17-6-8-18(9-7-17)15(3,12-16)10-14-4-5-14/h13-14H,4-12,16H2,1-3H3. The van der Waals surface area contributed by atoms with Gasteiger partial charge in [-0.05, 0) is 25.2 Å². The van der Waals surface area contributed by atoms with E-state index in [-0.39, 0.29) is 5.54 Å². The van der Waals surface area contributed by atoms with Crippen LogP contribution < -0.4 is 5.73 Å². The lowest BCUT2D eigenvalue weighted by Gasteiger charge is -2.46. The maximum absolute atomic E-state index is 6.07. The molecule has 2 N–H and O–H groups in total. The molecule has 0 amide bonds. The van der Waals surface area contributed by atoms with E-state index in [1.807, 2.05) is 0 Å². The van der Waals surface area contributed by atoms with Crippen molar-refractivity contribution in [3.05, 3.63) is 0 Å². The minimum Gasteiger partial charge on any atom is -0.329 e. The van der Waals surface area contributed by atoms with Crippen LogP contribution >= 0.6 is 0 Å². The van der Waals surface area contributed by atoms with E-state index in [0.717, 1.165) is 18.4 Å². The first-order chi connectivity index (χ1) is 8.53. The Balaban J connectivity index is 1.82. The molecule has 18 heavy (non-hydrogen) atoms. The lowest BCUT2D eigenvalue weighted by Crippen LogP contribution is -2.59. The summed E-state index contributed by atoms with van der Waals surface area (Å²) in [5.41, 5.74) is 6.33. The van der Waals surface area contributed by atoms with E-state index in [0.29, 0.717) is 0 Å². The highest BCUT2D eigenvalue weighted by molar-refractivity contribution is 4.94. The summed E-state index contributed by atoms with van der Waals surface area (Å²) in [6, 6.07) is 0. The lowest BCUT2D eigenvalue weighted by atomic mass is 9.91. The molecule has 0 aromatic rings. The van der Waals surface area contributed by atoms with Crippen LogP contribution in [-0.2, 0) is 0 Å². The number of nitrogens with two attached hydrogens (primary N) is 1. The minimum atomic E-state index is 0.255. The molecule has 1 aliphatic heterocycles. The maximum Gasteiger partial charge on any atom is 0.0307 e. The predicted molar refractivity (Wildman–Crippen MR) is 77.7 cm³/mol. The normalized spacial score (nSPS) is 26.5. The summed E-state index contributed by atoms with van der Waals surface area (Å²) in [4.78, 5) is 5.26. The van der Waals surface area contributed by atoms with Gasteiger partial charge in [0.1, 0.15) is 0 Å². The van der Waals surface area contributed by atoms with Crippen molar-refractivity contribution in [1.29, 1.82) is 0 Å². The number of rotatable bonds is 6. The molecule has 3 heteroatoms. The average Bonchev–Trinajstić information content (AvgIpc) is 3.13. The Labute approximate surface area is 113 Å². The Bertz CT molecular complexity index is 254. The summed E-state index contributed by atoms with van der Waals surface area (Å²) in [5, 5.41) is 0. The fourth-order valence-electron chi connectivity index (χ4n) is 3.27. The molecule has 0 bridgehead atoms. The summed E-state index contributed by atoms with van der Waals surface area (Å²) in [6.45, 7) is 13.9. The summed E-state index contributed by atoms with van der Waals surface area (Å²) in [5.74, 6) is 1.75. The van der Waals surface area contributed by atoms with E-state index in [9.17, 15) is 0 Å². The largest absolute Gasteiger partial charge is 0.329 e.